The summed E-state index contributed by atoms with van der Waals surface area (Å²) < 4.78 is 11.0. The molecular formula is C16H17N3O2S. The van der Waals surface area contributed by atoms with Crippen LogP contribution in [0, 0.1) is 0 Å². The van der Waals surface area contributed by atoms with E-state index in [1.807, 2.05) is 23.1 Å². The normalized spacial score (nSPS) is 21.3. The molecule has 0 bridgehead atoms. The summed E-state index contributed by atoms with van der Waals surface area (Å²) >= 11 is 1.63. The zero-order valence-corrected chi connectivity index (χ0v) is 12.8. The van der Waals surface area contributed by atoms with Crippen LogP contribution < -0.4 is 5.73 Å². The molecule has 5 nitrogen and oxygen atoms in total. The second-order valence-corrected chi connectivity index (χ2v) is 6.15. The van der Waals surface area contributed by atoms with Crippen molar-refractivity contribution in [3.8, 4) is 11.1 Å². The third-order valence-electron chi connectivity index (χ3n) is 3.92. The summed E-state index contributed by atoms with van der Waals surface area (Å²) in [5, 5.41) is 3.11. The Balaban J connectivity index is 1.64. The van der Waals surface area contributed by atoms with Crippen LogP contribution in [-0.2, 0) is 9.47 Å². The van der Waals surface area contributed by atoms with Crippen LogP contribution in [-0.4, -0.2) is 37.3 Å². The quantitative estimate of drug-likeness (QED) is 0.946. The number of nitrogens with two attached hydrogens (primary N) is 1. The van der Waals surface area contributed by atoms with Gasteiger partial charge < -0.3 is 20.1 Å². The monoisotopic (exact) mass is 315 g/mol. The number of ether oxygens (including phenoxy) is 2. The SMILES string of the molecule is NC1c2c(-c3ccccc3)csc2N=CN1CC1OCCO1. The number of nitrogens with zero attached hydrogens (tertiary/aromatic N) is 2. The van der Waals surface area contributed by atoms with Crippen LogP contribution in [0.1, 0.15) is 11.7 Å². The second-order valence-electron chi connectivity index (χ2n) is 5.29. The first-order valence-electron chi connectivity index (χ1n) is 7.28. The number of aliphatic imine (C=N–C) groups is 1. The lowest BCUT2D eigenvalue weighted by molar-refractivity contribution is -0.0560. The highest BCUT2D eigenvalue weighted by molar-refractivity contribution is 7.14. The van der Waals surface area contributed by atoms with Crippen LogP contribution in [0.3, 0.4) is 0 Å². The van der Waals surface area contributed by atoms with Crippen molar-refractivity contribution in [2.24, 2.45) is 10.7 Å². The number of rotatable bonds is 3. The van der Waals surface area contributed by atoms with Crippen molar-refractivity contribution in [1.29, 1.82) is 0 Å². The molecule has 0 radical (unpaired) electrons. The van der Waals surface area contributed by atoms with Gasteiger partial charge in [0, 0.05) is 16.5 Å². The fourth-order valence-corrected chi connectivity index (χ4v) is 3.75. The maximum Gasteiger partial charge on any atom is 0.175 e. The summed E-state index contributed by atoms with van der Waals surface area (Å²) in [6.07, 6.45) is 1.34. The van der Waals surface area contributed by atoms with E-state index in [1.54, 1.807) is 17.7 Å². The fourth-order valence-electron chi connectivity index (χ4n) is 2.79. The molecule has 0 aliphatic carbocycles. The smallest absolute Gasteiger partial charge is 0.175 e. The summed E-state index contributed by atoms with van der Waals surface area (Å²) in [5.41, 5.74) is 9.89. The zero-order chi connectivity index (χ0) is 14.9. The van der Waals surface area contributed by atoms with Crippen LogP contribution in [0.5, 0.6) is 0 Å². The predicted molar refractivity (Wildman–Crippen MR) is 87.2 cm³/mol. The number of fused-ring (bicyclic) bond motifs is 1. The molecule has 2 N–H and O–H groups in total. The third-order valence-corrected chi connectivity index (χ3v) is 4.82. The number of benzene rings is 1. The van der Waals surface area contributed by atoms with Crippen molar-refractivity contribution >= 4 is 22.7 Å². The first-order valence-corrected chi connectivity index (χ1v) is 8.16. The van der Waals surface area contributed by atoms with E-state index in [1.165, 1.54) is 5.56 Å². The van der Waals surface area contributed by atoms with Crippen molar-refractivity contribution in [3.05, 3.63) is 41.3 Å². The van der Waals surface area contributed by atoms with E-state index < -0.39 is 0 Å². The fraction of sp³-hybridized carbons (Fsp3) is 0.312. The molecule has 4 rings (SSSR count). The van der Waals surface area contributed by atoms with Crippen molar-refractivity contribution in [1.82, 2.24) is 4.90 Å². The van der Waals surface area contributed by atoms with Crippen molar-refractivity contribution < 1.29 is 9.47 Å². The Morgan fingerprint density at radius 2 is 2.00 bits per heavy atom. The Bertz CT molecular complexity index is 680. The minimum atomic E-state index is -0.234. The van der Waals surface area contributed by atoms with Crippen molar-refractivity contribution in [3.63, 3.8) is 0 Å². The summed E-state index contributed by atoms with van der Waals surface area (Å²) in [7, 11) is 0. The van der Waals surface area contributed by atoms with Gasteiger partial charge in [0.05, 0.1) is 26.1 Å². The van der Waals surface area contributed by atoms with Gasteiger partial charge in [0.25, 0.3) is 0 Å². The summed E-state index contributed by atoms with van der Waals surface area (Å²) in [4.78, 5) is 6.53. The number of thiophene rings is 1. The maximum atomic E-state index is 6.48. The highest BCUT2D eigenvalue weighted by Crippen LogP contribution is 2.43. The molecule has 1 fully saturated rings. The van der Waals surface area contributed by atoms with E-state index in [2.05, 4.69) is 22.5 Å². The Morgan fingerprint density at radius 3 is 2.77 bits per heavy atom. The molecule has 2 aromatic rings. The van der Waals surface area contributed by atoms with Gasteiger partial charge >= 0.3 is 0 Å². The number of hydrogen-bond donors (Lipinski definition) is 1. The van der Waals surface area contributed by atoms with Gasteiger partial charge in [0.1, 0.15) is 11.2 Å². The Hall–Kier alpha value is -1.73. The first kappa shape index (κ1) is 13.9. The van der Waals surface area contributed by atoms with Crippen molar-refractivity contribution in [2.75, 3.05) is 19.8 Å². The van der Waals surface area contributed by atoms with E-state index in [0.717, 1.165) is 16.1 Å². The molecule has 2 aliphatic rings. The van der Waals surface area contributed by atoms with Crippen molar-refractivity contribution in [2.45, 2.75) is 12.5 Å². The number of hydrogen-bond acceptors (Lipinski definition) is 6. The highest BCUT2D eigenvalue weighted by atomic mass is 32.1. The van der Waals surface area contributed by atoms with Crippen LogP contribution in [0.2, 0.25) is 0 Å². The van der Waals surface area contributed by atoms with Crippen LogP contribution >= 0.6 is 11.3 Å². The average Bonchev–Trinajstić information content (AvgIpc) is 3.21. The molecule has 0 spiro atoms. The third kappa shape index (κ3) is 2.44. The van der Waals surface area contributed by atoms with Gasteiger partial charge in [-0.05, 0) is 5.56 Å². The average molecular weight is 315 g/mol. The largest absolute Gasteiger partial charge is 0.348 e. The van der Waals surface area contributed by atoms with Gasteiger partial charge in [-0.2, -0.15) is 0 Å². The van der Waals surface area contributed by atoms with E-state index in [4.69, 9.17) is 15.2 Å². The topological polar surface area (TPSA) is 60.1 Å². The van der Waals surface area contributed by atoms with Crippen LogP contribution in [0.4, 0.5) is 5.00 Å². The first-order chi connectivity index (χ1) is 10.8. The summed E-state index contributed by atoms with van der Waals surface area (Å²) in [6, 6.07) is 10.3. The molecule has 114 valence electrons. The molecule has 2 aliphatic heterocycles. The molecular weight excluding hydrogens is 298 g/mol. The lowest BCUT2D eigenvalue weighted by Crippen LogP contribution is -2.40. The Morgan fingerprint density at radius 1 is 1.23 bits per heavy atom. The lowest BCUT2D eigenvalue weighted by Gasteiger charge is -2.31. The molecule has 3 heterocycles. The van der Waals surface area contributed by atoms with E-state index in [0.29, 0.717) is 19.8 Å². The second kappa shape index (κ2) is 5.81. The minimum Gasteiger partial charge on any atom is -0.348 e. The molecule has 1 unspecified atom stereocenters. The molecule has 1 atom stereocenters. The molecule has 1 saturated heterocycles. The van der Waals surface area contributed by atoms with Gasteiger partial charge in [-0.25, -0.2) is 4.99 Å². The van der Waals surface area contributed by atoms with Gasteiger partial charge in [0.15, 0.2) is 6.29 Å². The van der Waals surface area contributed by atoms with Gasteiger partial charge in [-0.1, -0.05) is 30.3 Å². The van der Waals surface area contributed by atoms with E-state index >= 15 is 0 Å². The molecule has 1 aromatic heterocycles. The zero-order valence-electron chi connectivity index (χ0n) is 12.0. The predicted octanol–water partition coefficient (Wildman–Crippen LogP) is 2.72. The molecule has 1 aromatic carbocycles. The molecule has 0 saturated carbocycles. The highest BCUT2D eigenvalue weighted by Gasteiger charge is 2.29. The minimum absolute atomic E-state index is 0.224. The van der Waals surface area contributed by atoms with Crippen LogP contribution in [0.25, 0.3) is 11.1 Å². The lowest BCUT2D eigenvalue weighted by atomic mass is 10.0. The standard InChI is InChI=1S/C16H17N3O2S/c17-15-14-12(11-4-2-1-3-5-11)9-22-16(14)18-10-19(15)8-13-20-6-7-21-13/h1-5,9-10,13,15H,6-8,17H2. The summed E-state index contributed by atoms with van der Waals surface area (Å²) in [6.45, 7) is 1.88. The van der Waals surface area contributed by atoms with Gasteiger partial charge in [-0.3, -0.25) is 0 Å². The van der Waals surface area contributed by atoms with Crippen LogP contribution in [0.15, 0.2) is 40.7 Å². The maximum absolute atomic E-state index is 6.48. The van der Waals surface area contributed by atoms with Gasteiger partial charge in [0.2, 0.25) is 0 Å². The van der Waals surface area contributed by atoms with E-state index in [9.17, 15) is 0 Å². The molecule has 22 heavy (non-hydrogen) atoms. The Kier molecular flexibility index (Phi) is 3.67. The summed E-state index contributed by atoms with van der Waals surface area (Å²) in [5.74, 6) is 0. The Labute approximate surface area is 133 Å². The molecule has 6 heteroatoms. The van der Waals surface area contributed by atoms with E-state index in [-0.39, 0.29) is 12.5 Å². The molecule has 0 amide bonds. The van der Waals surface area contributed by atoms with Gasteiger partial charge in [-0.15, -0.1) is 11.3 Å².